The lowest BCUT2D eigenvalue weighted by Crippen LogP contribution is -2.38. The number of azo groups is 1. The van der Waals surface area contributed by atoms with Crippen LogP contribution in [-0.2, 0) is 0 Å². The van der Waals surface area contributed by atoms with Crippen LogP contribution in [0.15, 0.2) is 10.2 Å². The van der Waals surface area contributed by atoms with Gasteiger partial charge in [0, 0.05) is 5.92 Å². The Balaban J connectivity index is -0.000000414. The molecule has 0 unspecified atom stereocenters. The first-order valence-corrected chi connectivity index (χ1v) is 5.89. The van der Waals surface area contributed by atoms with Gasteiger partial charge in [0.05, 0.1) is 6.07 Å². The number of nitrogens with two attached hydrogens (primary N) is 2. The highest BCUT2D eigenvalue weighted by atomic mass is 35.5. The SMILES string of the molecule is CC(C)(N=NC(C)(C)C(=N)N)C(=N)N.CC(C)C#N.Cl. The zero-order valence-electron chi connectivity index (χ0n) is 13.0. The third-order valence-electron chi connectivity index (χ3n) is 2.13. The molecule has 7 nitrogen and oxygen atoms in total. The Hall–Kier alpha value is -1.68. The minimum Gasteiger partial charge on any atom is -0.386 e. The zero-order valence-corrected chi connectivity index (χ0v) is 13.8. The van der Waals surface area contributed by atoms with E-state index in [1.807, 2.05) is 19.9 Å². The lowest BCUT2D eigenvalue weighted by molar-refractivity contribution is 0.557. The summed E-state index contributed by atoms with van der Waals surface area (Å²) in [5, 5.41) is 30.2. The van der Waals surface area contributed by atoms with Crippen molar-refractivity contribution in [3.63, 3.8) is 0 Å². The van der Waals surface area contributed by atoms with Gasteiger partial charge in [0.2, 0.25) is 0 Å². The van der Waals surface area contributed by atoms with Crippen LogP contribution in [0.25, 0.3) is 0 Å². The molecule has 0 aromatic heterocycles. The summed E-state index contributed by atoms with van der Waals surface area (Å²) >= 11 is 0. The van der Waals surface area contributed by atoms with Crippen molar-refractivity contribution >= 4 is 24.1 Å². The molecule has 0 aromatic rings. The summed E-state index contributed by atoms with van der Waals surface area (Å²) in [7, 11) is 0. The van der Waals surface area contributed by atoms with Crippen LogP contribution in [0.1, 0.15) is 41.5 Å². The Morgan fingerprint density at radius 1 is 1.00 bits per heavy atom. The number of rotatable bonds is 4. The first-order valence-electron chi connectivity index (χ1n) is 5.89. The highest BCUT2D eigenvalue weighted by Crippen LogP contribution is 2.15. The molecular formula is C12H26ClN7. The van der Waals surface area contributed by atoms with Gasteiger partial charge in [0.1, 0.15) is 22.7 Å². The maximum Gasteiger partial charge on any atom is 0.132 e. The summed E-state index contributed by atoms with van der Waals surface area (Å²) in [6.07, 6.45) is 0. The smallest absolute Gasteiger partial charge is 0.132 e. The van der Waals surface area contributed by atoms with Gasteiger partial charge >= 0.3 is 0 Å². The van der Waals surface area contributed by atoms with E-state index < -0.39 is 11.1 Å². The van der Waals surface area contributed by atoms with E-state index in [0.717, 1.165) is 0 Å². The largest absolute Gasteiger partial charge is 0.386 e. The van der Waals surface area contributed by atoms with E-state index in [9.17, 15) is 0 Å². The number of hydrogen-bond donors (Lipinski definition) is 4. The molecule has 116 valence electrons. The van der Waals surface area contributed by atoms with E-state index in [-0.39, 0.29) is 30.0 Å². The maximum absolute atomic E-state index is 7.89. The fourth-order valence-electron chi connectivity index (χ4n) is 0.358. The summed E-state index contributed by atoms with van der Waals surface area (Å²) in [4.78, 5) is 0. The summed E-state index contributed by atoms with van der Waals surface area (Å²) in [6, 6.07) is 2.03. The molecule has 20 heavy (non-hydrogen) atoms. The van der Waals surface area contributed by atoms with Gasteiger partial charge in [-0.25, -0.2) is 0 Å². The molecule has 0 bridgehead atoms. The van der Waals surface area contributed by atoms with Gasteiger partial charge in [0.15, 0.2) is 0 Å². The molecule has 0 spiro atoms. The third-order valence-corrected chi connectivity index (χ3v) is 2.13. The Labute approximate surface area is 127 Å². The number of nitriles is 1. The second kappa shape index (κ2) is 9.26. The maximum atomic E-state index is 7.89. The molecule has 0 aromatic carbocycles. The summed E-state index contributed by atoms with van der Waals surface area (Å²) in [5.41, 5.74) is 8.96. The van der Waals surface area contributed by atoms with Crippen LogP contribution in [0.4, 0.5) is 0 Å². The summed E-state index contributed by atoms with van der Waals surface area (Å²) < 4.78 is 0. The van der Waals surface area contributed by atoms with Crippen LogP contribution in [0, 0.1) is 28.1 Å². The van der Waals surface area contributed by atoms with Crippen molar-refractivity contribution in [3.05, 3.63) is 0 Å². The predicted molar refractivity (Wildman–Crippen MR) is 84.5 cm³/mol. The molecule has 0 atom stereocenters. The minimum absolute atomic E-state index is 0. The topological polar surface area (TPSA) is 148 Å². The van der Waals surface area contributed by atoms with Crippen LogP contribution in [-0.4, -0.2) is 22.7 Å². The van der Waals surface area contributed by atoms with Crippen molar-refractivity contribution in [1.29, 1.82) is 16.1 Å². The van der Waals surface area contributed by atoms with Crippen molar-refractivity contribution in [2.24, 2.45) is 27.6 Å². The molecule has 0 amide bonds. The highest BCUT2D eigenvalue weighted by Gasteiger charge is 2.25. The van der Waals surface area contributed by atoms with E-state index in [1.165, 1.54) is 0 Å². The Morgan fingerprint density at radius 2 is 1.20 bits per heavy atom. The molecule has 0 saturated heterocycles. The quantitative estimate of drug-likeness (QED) is 0.359. The molecule has 6 N–H and O–H groups in total. The first-order chi connectivity index (χ1) is 8.36. The summed E-state index contributed by atoms with van der Waals surface area (Å²) in [6.45, 7) is 10.4. The molecule has 0 fully saturated rings. The van der Waals surface area contributed by atoms with E-state index in [2.05, 4.69) is 10.2 Å². The molecule has 0 heterocycles. The van der Waals surface area contributed by atoms with E-state index in [4.69, 9.17) is 27.5 Å². The molecule has 8 heteroatoms. The first kappa shape index (κ1) is 23.4. The second-order valence-electron chi connectivity index (χ2n) is 5.43. The molecule has 0 rings (SSSR count). The molecule has 0 aliphatic carbocycles. The average molecular weight is 304 g/mol. The van der Waals surface area contributed by atoms with E-state index >= 15 is 0 Å². The zero-order chi connectivity index (χ0) is 15.9. The van der Waals surface area contributed by atoms with Crippen molar-refractivity contribution in [1.82, 2.24) is 0 Å². The van der Waals surface area contributed by atoms with Crippen LogP contribution in [0.2, 0.25) is 0 Å². The molecule has 0 radical (unpaired) electrons. The average Bonchev–Trinajstić information content (AvgIpc) is 2.27. The number of nitrogens with zero attached hydrogens (tertiary/aromatic N) is 3. The normalized spacial score (nSPS) is 11.1. The predicted octanol–water partition coefficient (Wildman–Crippen LogP) is 2.46. The van der Waals surface area contributed by atoms with Crippen LogP contribution < -0.4 is 11.5 Å². The van der Waals surface area contributed by atoms with Gasteiger partial charge in [0.25, 0.3) is 0 Å². The number of nitrogens with one attached hydrogen (secondary N) is 2. The van der Waals surface area contributed by atoms with E-state index in [1.54, 1.807) is 27.7 Å². The fraction of sp³-hybridized carbons (Fsp3) is 0.750. The standard InChI is InChI=1S/C8H18N6.C4H7N.ClH/c1-7(2,5(9)10)13-14-8(3,4)6(11)12;1-4(2)3-5;/h1-4H3,(H3,9,10)(H3,11,12);4H,1-2H3;1H. The molecular weight excluding hydrogens is 278 g/mol. The van der Waals surface area contributed by atoms with Gasteiger partial charge in [-0.05, 0) is 41.5 Å². The van der Waals surface area contributed by atoms with Crippen molar-refractivity contribution in [3.8, 4) is 6.07 Å². The highest BCUT2D eigenvalue weighted by molar-refractivity contribution is 5.87. The number of halogens is 1. The van der Waals surface area contributed by atoms with Gasteiger partial charge in [-0.2, -0.15) is 15.5 Å². The van der Waals surface area contributed by atoms with E-state index in [0.29, 0.717) is 0 Å². The number of amidine groups is 2. The van der Waals surface area contributed by atoms with Crippen LogP contribution >= 0.6 is 12.4 Å². The lowest BCUT2D eigenvalue weighted by Gasteiger charge is -2.20. The van der Waals surface area contributed by atoms with Gasteiger partial charge in [-0.3, -0.25) is 10.8 Å². The molecule has 0 aliphatic rings. The molecule has 0 saturated carbocycles. The van der Waals surface area contributed by atoms with Crippen LogP contribution in [0.5, 0.6) is 0 Å². The van der Waals surface area contributed by atoms with Crippen molar-refractivity contribution < 1.29 is 0 Å². The number of hydrogen-bond acceptors (Lipinski definition) is 5. The Bertz CT molecular complexity index is 363. The van der Waals surface area contributed by atoms with Crippen LogP contribution in [0.3, 0.4) is 0 Å². The second-order valence-corrected chi connectivity index (χ2v) is 5.43. The van der Waals surface area contributed by atoms with Gasteiger partial charge in [-0.1, -0.05) is 0 Å². The Kier molecular flexibility index (Phi) is 10.8. The summed E-state index contributed by atoms with van der Waals surface area (Å²) in [5.74, 6) is 0.0520. The Morgan fingerprint density at radius 3 is 1.30 bits per heavy atom. The third kappa shape index (κ3) is 10.3. The minimum atomic E-state index is -0.841. The van der Waals surface area contributed by atoms with Gasteiger partial charge < -0.3 is 11.5 Å². The fourth-order valence-corrected chi connectivity index (χ4v) is 0.358. The van der Waals surface area contributed by atoms with Crippen molar-refractivity contribution in [2.75, 3.05) is 0 Å². The lowest BCUT2D eigenvalue weighted by atomic mass is 10.1. The monoisotopic (exact) mass is 303 g/mol. The molecule has 0 aliphatic heterocycles. The van der Waals surface area contributed by atoms with Gasteiger partial charge in [-0.15, -0.1) is 12.4 Å². The van der Waals surface area contributed by atoms with Crippen molar-refractivity contribution in [2.45, 2.75) is 52.6 Å².